The summed E-state index contributed by atoms with van der Waals surface area (Å²) in [5.41, 5.74) is -0.212. The molecule has 0 amide bonds. The molecule has 2 rings (SSSR count). The van der Waals surface area contributed by atoms with Crippen molar-refractivity contribution in [1.29, 1.82) is 0 Å². The molecule has 5 nitrogen and oxygen atoms in total. The summed E-state index contributed by atoms with van der Waals surface area (Å²) in [7, 11) is 0. The molecule has 1 saturated carbocycles. The number of hydrogen-bond donors (Lipinski definition) is 1. The van der Waals surface area contributed by atoms with E-state index >= 15 is 0 Å². The minimum Gasteiger partial charge on any atom is -0.481 e. The van der Waals surface area contributed by atoms with Crippen molar-refractivity contribution in [1.82, 2.24) is 0 Å². The zero-order valence-electron chi connectivity index (χ0n) is 11.1. The van der Waals surface area contributed by atoms with Crippen LogP contribution in [0.15, 0.2) is 18.2 Å². The first kappa shape index (κ1) is 14.8. The molecule has 1 aliphatic rings. The van der Waals surface area contributed by atoms with Gasteiger partial charge < -0.3 is 5.11 Å². The second-order valence-electron chi connectivity index (χ2n) is 5.64. The largest absolute Gasteiger partial charge is 0.481 e. The molecule has 1 N–H and O–H groups in total. The third-order valence-electron chi connectivity index (χ3n) is 4.08. The van der Waals surface area contributed by atoms with Crippen molar-refractivity contribution >= 4 is 23.3 Å². The molecule has 108 valence electrons. The number of aliphatic carboxylic acids is 1. The number of carboxylic acid groups (broad SMARTS) is 1. The summed E-state index contributed by atoms with van der Waals surface area (Å²) in [5.74, 6) is -0.431. The normalized spacial score (nSPS) is 25.6. The van der Waals surface area contributed by atoms with E-state index < -0.39 is 16.3 Å². The minimum atomic E-state index is -0.809. The molecular weight excluding hydrogens is 282 g/mol. The summed E-state index contributed by atoms with van der Waals surface area (Å²) in [6.07, 6.45) is 2.45. The number of halogens is 1. The van der Waals surface area contributed by atoms with Crippen molar-refractivity contribution in [3.63, 3.8) is 0 Å². The van der Waals surface area contributed by atoms with Gasteiger partial charge in [-0.2, -0.15) is 0 Å². The number of benzene rings is 1. The molecule has 0 bridgehead atoms. The predicted molar refractivity (Wildman–Crippen MR) is 74.9 cm³/mol. The van der Waals surface area contributed by atoms with Crippen LogP contribution in [0.25, 0.3) is 0 Å². The molecule has 2 atom stereocenters. The Morgan fingerprint density at radius 1 is 1.60 bits per heavy atom. The van der Waals surface area contributed by atoms with Crippen molar-refractivity contribution in [3.05, 3.63) is 38.9 Å². The van der Waals surface area contributed by atoms with Crippen LogP contribution in [-0.4, -0.2) is 16.0 Å². The average Bonchev–Trinajstić information content (AvgIpc) is 2.74. The number of rotatable bonds is 4. The van der Waals surface area contributed by atoms with E-state index in [1.54, 1.807) is 6.07 Å². The monoisotopic (exact) mass is 297 g/mol. The van der Waals surface area contributed by atoms with E-state index in [1.165, 1.54) is 12.1 Å². The number of carbonyl (C=O) groups is 1. The molecule has 1 aromatic rings. The first-order valence-electron chi connectivity index (χ1n) is 6.50. The summed E-state index contributed by atoms with van der Waals surface area (Å²) >= 11 is 6.06. The van der Waals surface area contributed by atoms with Crippen molar-refractivity contribution in [3.8, 4) is 0 Å². The third kappa shape index (κ3) is 2.77. The molecule has 1 aromatic carbocycles. The van der Waals surface area contributed by atoms with E-state index in [1.807, 2.05) is 6.92 Å². The molecule has 2 unspecified atom stereocenters. The van der Waals surface area contributed by atoms with E-state index in [0.717, 1.165) is 6.42 Å². The number of hydrogen-bond acceptors (Lipinski definition) is 3. The van der Waals surface area contributed by atoms with Crippen LogP contribution in [0, 0.1) is 21.4 Å². The van der Waals surface area contributed by atoms with Gasteiger partial charge in [0.15, 0.2) is 0 Å². The highest BCUT2D eigenvalue weighted by Gasteiger charge is 2.44. The van der Waals surface area contributed by atoms with Crippen molar-refractivity contribution in [2.45, 2.75) is 32.6 Å². The number of nitrogens with zero attached hydrogens (tertiary/aromatic N) is 1. The van der Waals surface area contributed by atoms with E-state index in [0.29, 0.717) is 30.7 Å². The maximum Gasteiger partial charge on any atom is 0.309 e. The van der Waals surface area contributed by atoms with Crippen LogP contribution in [-0.2, 0) is 11.2 Å². The zero-order valence-corrected chi connectivity index (χ0v) is 11.9. The molecule has 0 radical (unpaired) electrons. The molecule has 0 heterocycles. The maximum atomic E-state index is 11.6. The second-order valence-corrected chi connectivity index (χ2v) is 6.05. The first-order chi connectivity index (χ1) is 9.34. The molecule has 20 heavy (non-hydrogen) atoms. The zero-order chi connectivity index (χ0) is 14.9. The molecular formula is C14H16ClNO4. The molecule has 1 aliphatic carbocycles. The molecule has 0 saturated heterocycles. The van der Waals surface area contributed by atoms with E-state index in [9.17, 15) is 20.0 Å². The molecule has 6 heteroatoms. The van der Waals surface area contributed by atoms with Gasteiger partial charge in [-0.25, -0.2) is 0 Å². The smallest absolute Gasteiger partial charge is 0.309 e. The van der Waals surface area contributed by atoms with Crippen LogP contribution < -0.4 is 0 Å². The predicted octanol–water partition coefficient (Wildman–Crippen LogP) is 3.68. The van der Waals surface area contributed by atoms with Crippen LogP contribution in [0.2, 0.25) is 5.02 Å². The Bertz CT molecular complexity index is 560. The quantitative estimate of drug-likeness (QED) is 0.679. The molecule has 0 aliphatic heterocycles. The van der Waals surface area contributed by atoms with E-state index in [2.05, 4.69) is 0 Å². The fraction of sp³-hybridized carbons (Fsp3) is 0.500. The molecule has 0 aromatic heterocycles. The van der Waals surface area contributed by atoms with Crippen molar-refractivity contribution in [2.24, 2.45) is 11.3 Å². The maximum absolute atomic E-state index is 11.6. The van der Waals surface area contributed by atoms with Gasteiger partial charge >= 0.3 is 5.97 Å². The van der Waals surface area contributed by atoms with Crippen LogP contribution >= 0.6 is 11.6 Å². The van der Waals surface area contributed by atoms with Gasteiger partial charge in [0.05, 0.1) is 15.4 Å². The molecule has 1 fully saturated rings. The molecule has 0 spiro atoms. The highest BCUT2D eigenvalue weighted by Crippen LogP contribution is 2.45. The minimum absolute atomic E-state index is 0.0806. The van der Waals surface area contributed by atoms with Crippen LogP contribution in [0.1, 0.15) is 31.7 Å². The Labute approximate surface area is 121 Å². The summed E-state index contributed by atoms with van der Waals surface area (Å²) in [6.45, 7) is 2.04. The Kier molecular flexibility index (Phi) is 3.99. The lowest BCUT2D eigenvalue weighted by molar-refractivity contribution is -0.384. The SMILES string of the molecule is CC1CCC(Cc2ccc([N+](=O)[O-])cc2Cl)(C(=O)O)C1. The van der Waals surface area contributed by atoms with Gasteiger partial charge in [0, 0.05) is 12.1 Å². The summed E-state index contributed by atoms with van der Waals surface area (Å²) in [5, 5.41) is 20.5. The van der Waals surface area contributed by atoms with Gasteiger partial charge in [0.2, 0.25) is 0 Å². The highest BCUT2D eigenvalue weighted by atomic mass is 35.5. The van der Waals surface area contributed by atoms with Gasteiger partial charge in [0.1, 0.15) is 0 Å². The van der Waals surface area contributed by atoms with Gasteiger partial charge in [-0.1, -0.05) is 24.6 Å². The standard InChI is InChI=1S/C14H16ClNO4/c1-9-4-5-14(7-9,13(17)18)8-10-2-3-11(16(19)20)6-12(10)15/h2-3,6,9H,4-5,7-8H2,1H3,(H,17,18). The summed E-state index contributed by atoms with van der Waals surface area (Å²) < 4.78 is 0. The topological polar surface area (TPSA) is 80.4 Å². The van der Waals surface area contributed by atoms with Crippen molar-refractivity contribution in [2.75, 3.05) is 0 Å². The fourth-order valence-corrected chi connectivity index (χ4v) is 3.22. The summed E-state index contributed by atoms with van der Waals surface area (Å²) in [4.78, 5) is 21.8. The highest BCUT2D eigenvalue weighted by molar-refractivity contribution is 6.31. The van der Waals surface area contributed by atoms with Gasteiger partial charge in [0.25, 0.3) is 5.69 Å². The lowest BCUT2D eigenvalue weighted by atomic mass is 9.79. The first-order valence-corrected chi connectivity index (χ1v) is 6.88. The Morgan fingerprint density at radius 2 is 2.30 bits per heavy atom. The number of carboxylic acids is 1. The van der Waals surface area contributed by atoms with Gasteiger partial charge in [-0.3, -0.25) is 14.9 Å². The Morgan fingerprint density at radius 3 is 2.75 bits per heavy atom. The number of nitro benzene ring substituents is 1. The summed E-state index contributed by atoms with van der Waals surface area (Å²) in [6, 6.07) is 4.22. The van der Waals surface area contributed by atoms with E-state index in [-0.39, 0.29) is 10.7 Å². The Balaban J connectivity index is 2.28. The number of nitro groups is 1. The van der Waals surface area contributed by atoms with Crippen LogP contribution in [0.4, 0.5) is 5.69 Å². The lowest BCUT2D eigenvalue weighted by Crippen LogP contribution is -2.30. The lowest BCUT2D eigenvalue weighted by Gasteiger charge is -2.24. The Hall–Kier alpha value is -1.62. The van der Waals surface area contributed by atoms with Crippen molar-refractivity contribution < 1.29 is 14.8 Å². The fourth-order valence-electron chi connectivity index (χ4n) is 2.98. The van der Waals surface area contributed by atoms with Crippen LogP contribution in [0.5, 0.6) is 0 Å². The van der Waals surface area contributed by atoms with Crippen LogP contribution in [0.3, 0.4) is 0 Å². The van der Waals surface area contributed by atoms with E-state index in [4.69, 9.17) is 11.6 Å². The third-order valence-corrected chi connectivity index (χ3v) is 4.44. The van der Waals surface area contributed by atoms with Gasteiger partial charge in [-0.05, 0) is 37.2 Å². The average molecular weight is 298 g/mol. The second kappa shape index (κ2) is 5.40. The van der Waals surface area contributed by atoms with Gasteiger partial charge in [-0.15, -0.1) is 0 Å². The number of non-ortho nitro benzene ring substituents is 1.